The van der Waals surface area contributed by atoms with Gasteiger partial charge in [0.25, 0.3) is 11.8 Å². The average molecular weight is 440 g/mol. The van der Waals surface area contributed by atoms with Gasteiger partial charge in [-0.05, 0) is 18.8 Å². The van der Waals surface area contributed by atoms with Gasteiger partial charge in [0, 0.05) is 44.8 Å². The third kappa shape index (κ3) is 8.82. The molecule has 0 bridgehead atoms. The molecule has 0 spiro atoms. The predicted octanol–water partition coefficient (Wildman–Crippen LogP) is -2.75. The van der Waals surface area contributed by atoms with Crippen molar-refractivity contribution in [2.24, 2.45) is 17.5 Å². The van der Waals surface area contributed by atoms with E-state index >= 15 is 0 Å². The van der Waals surface area contributed by atoms with Crippen molar-refractivity contribution in [2.75, 3.05) is 26.2 Å². The van der Waals surface area contributed by atoms with E-state index in [0.717, 1.165) is 4.90 Å². The minimum Gasteiger partial charge on any atom is -0.353 e. The quantitative estimate of drug-likeness (QED) is 0.0953. The van der Waals surface area contributed by atoms with Crippen molar-refractivity contribution in [1.82, 2.24) is 26.3 Å². The van der Waals surface area contributed by atoms with Crippen molar-refractivity contribution in [2.45, 2.75) is 45.2 Å². The first-order chi connectivity index (χ1) is 14.7. The maximum atomic E-state index is 12.8. The Bertz CT molecular complexity index is 677. The molecule has 12 heteroatoms. The molecular weight excluding hydrogens is 406 g/mol. The molecule has 0 aromatic heterocycles. The first kappa shape index (κ1) is 26.2. The lowest BCUT2D eigenvalue weighted by Gasteiger charge is -2.25. The first-order valence-electron chi connectivity index (χ1n) is 10.3. The van der Waals surface area contributed by atoms with Gasteiger partial charge < -0.3 is 21.7 Å². The molecule has 12 nitrogen and oxygen atoms in total. The topological polar surface area (TPSA) is 189 Å². The van der Waals surface area contributed by atoms with Crippen molar-refractivity contribution >= 4 is 29.5 Å². The Morgan fingerprint density at radius 1 is 1.03 bits per heavy atom. The summed E-state index contributed by atoms with van der Waals surface area (Å²) in [5.74, 6) is 2.93. The smallest absolute Gasteiger partial charge is 0.253 e. The SMILES string of the molecule is CC(C)[C@H](NC(=O)CCCN1C(=O)C=CC1=O)C(=O)N[C@@H](CCNN)C(=O)NCCN. The summed E-state index contributed by atoms with van der Waals surface area (Å²) in [6, 6.07) is -1.70. The number of nitrogens with one attached hydrogen (secondary N) is 4. The first-order valence-corrected chi connectivity index (χ1v) is 10.3. The van der Waals surface area contributed by atoms with Crippen LogP contribution >= 0.6 is 0 Å². The highest BCUT2D eigenvalue weighted by Gasteiger charge is 2.29. The number of carbonyl (C=O) groups is 5. The van der Waals surface area contributed by atoms with E-state index in [1.54, 1.807) is 13.8 Å². The van der Waals surface area contributed by atoms with Crippen molar-refractivity contribution in [3.8, 4) is 0 Å². The molecule has 174 valence electrons. The zero-order chi connectivity index (χ0) is 23.4. The molecule has 2 atom stereocenters. The zero-order valence-electron chi connectivity index (χ0n) is 18.0. The van der Waals surface area contributed by atoms with E-state index in [4.69, 9.17) is 11.6 Å². The van der Waals surface area contributed by atoms with Gasteiger partial charge in [0.05, 0.1) is 0 Å². The monoisotopic (exact) mass is 439 g/mol. The molecule has 1 aliphatic rings. The molecule has 0 saturated carbocycles. The highest BCUT2D eigenvalue weighted by molar-refractivity contribution is 6.12. The van der Waals surface area contributed by atoms with E-state index in [2.05, 4.69) is 21.4 Å². The molecule has 0 aliphatic carbocycles. The molecule has 0 unspecified atom stereocenters. The zero-order valence-corrected chi connectivity index (χ0v) is 18.0. The molecule has 0 saturated heterocycles. The van der Waals surface area contributed by atoms with Gasteiger partial charge in [0.1, 0.15) is 12.1 Å². The maximum absolute atomic E-state index is 12.8. The summed E-state index contributed by atoms with van der Waals surface area (Å²) in [5.41, 5.74) is 7.83. The molecule has 31 heavy (non-hydrogen) atoms. The number of hydrogen-bond acceptors (Lipinski definition) is 8. The molecule has 1 heterocycles. The summed E-state index contributed by atoms with van der Waals surface area (Å²) in [4.78, 5) is 61.5. The fourth-order valence-electron chi connectivity index (χ4n) is 2.91. The highest BCUT2D eigenvalue weighted by Crippen LogP contribution is 2.07. The lowest BCUT2D eigenvalue weighted by Crippen LogP contribution is -2.56. The molecule has 0 aromatic rings. The number of carbonyl (C=O) groups excluding carboxylic acids is 5. The number of nitrogens with zero attached hydrogens (tertiary/aromatic N) is 1. The van der Waals surface area contributed by atoms with Crippen LogP contribution in [0.2, 0.25) is 0 Å². The van der Waals surface area contributed by atoms with Gasteiger partial charge in [0.15, 0.2) is 0 Å². The Balaban J connectivity index is 2.61. The normalized spacial score (nSPS) is 15.2. The van der Waals surface area contributed by atoms with Crippen molar-refractivity contribution in [1.29, 1.82) is 0 Å². The van der Waals surface area contributed by atoms with Crippen molar-refractivity contribution < 1.29 is 24.0 Å². The average Bonchev–Trinajstić information content (AvgIpc) is 3.04. The Hall–Kier alpha value is -2.83. The molecule has 5 amide bonds. The lowest BCUT2D eigenvalue weighted by atomic mass is 10.0. The van der Waals surface area contributed by atoms with Crippen LogP contribution in [0.15, 0.2) is 12.2 Å². The number of nitrogens with two attached hydrogens (primary N) is 2. The number of amides is 5. The Morgan fingerprint density at radius 3 is 2.23 bits per heavy atom. The van der Waals surface area contributed by atoms with E-state index in [-0.39, 0.29) is 44.8 Å². The molecule has 0 fully saturated rings. The minimum absolute atomic E-state index is 0.0328. The highest BCUT2D eigenvalue weighted by atomic mass is 16.2. The third-order valence-electron chi connectivity index (χ3n) is 4.61. The maximum Gasteiger partial charge on any atom is 0.253 e. The second-order valence-electron chi connectivity index (χ2n) is 7.44. The van der Waals surface area contributed by atoms with Crippen LogP contribution in [-0.2, 0) is 24.0 Å². The predicted molar refractivity (Wildman–Crippen MR) is 113 cm³/mol. The van der Waals surface area contributed by atoms with Crippen LogP contribution in [0.3, 0.4) is 0 Å². The molecule has 0 aromatic carbocycles. The number of imide groups is 1. The molecule has 1 rings (SSSR count). The summed E-state index contributed by atoms with van der Waals surface area (Å²) in [5, 5.41) is 7.93. The van der Waals surface area contributed by atoms with Crippen molar-refractivity contribution in [3.63, 3.8) is 0 Å². The summed E-state index contributed by atoms with van der Waals surface area (Å²) >= 11 is 0. The second-order valence-corrected chi connectivity index (χ2v) is 7.44. The Labute approximate surface area is 181 Å². The van der Waals surface area contributed by atoms with E-state index in [9.17, 15) is 24.0 Å². The molecule has 1 aliphatic heterocycles. The van der Waals surface area contributed by atoms with Crippen LogP contribution in [-0.4, -0.2) is 72.7 Å². The summed E-state index contributed by atoms with van der Waals surface area (Å²) in [7, 11) is 0. The molecule has 8 N–H and O–H groups in total. The van der Waals surface area contributed by atoms with Gasteiger partial charge in [-0.1, -0.05) is 13.8 Å². The number of hydrogen-bond donors (Lipinski definition) is 6. The standard InChI is InChI=1S/C19H33N7O5/c1-12(2)17(19(31)24-13(7-9-23-21)18(30)22-10-8-20)25-14(27)4-3-11-26-15(28)5-6-16(26)29/h5-6,12-13,17,23H,3-4,7-11,20-21H2,1-2H3,(H,22,30)(H,24,31)(H,25,27)/t13-,17-/m0/s1. The largest absolute Gasteiger partial charge is 0.353 e. The van der Waals surface area contributed by atoms with Crippen LogP contribution in [0.5, 0.6) is 0 Å². The third-order valence-corrected chi connectivity index (χ3v) is 4.61. The van der Waals surface area contributed by atoms with E-state index in [1.807, 2.05) is 0 Å². The van der Waals surface area contributed by atoms with E-state index in [0.29, 0.717) is 6.54 Å². The van der Waals surface area contributed by atoms with Gasteiger partial charge in [-0.2, -0.15) is 0 Å². The summed E-state index contributed by atoms with van der Waals surface area (Å²) in [6.45, 7) is 4.47. The Morgan fingerprint density at radius 2 is 1.68 bits per heavy atom. The minimum atomic E-state index is -0.861. The van der Waals surface area contributed by atoms with Crippen LogP contribution in [0.4, 0.5) is 0 Å². The van der Waals surface area contributed by atoms with Gasteiger partial charge in [-0.25, -0.2) is 0 Å². The number of rotatable bonds is 14. The van der Waals surface area contributed by atoms with Crippen LogP contribution < -0.4 is 33.0 Å². The van der Waals surface area contributed by atoms with Crippen LogP contribution in [0.1, 0.15) is 33.1 Å². The fourth-order valence-corrected chi connectivity index (χ4v) is 2.91. The van der Waals surface area contributed by atoms with E-state index in [1.165, 1.54) is 12.2 Å². The van der Waals surface area contributed by atoms with Gasteiger partial charge in [-0.15, -0.1) is 0 Å². The fraction of sp³-hybridized carbons (Fsp3) is 0.632. The Kier molecular flexibility index (Phi) is 11.4. The summed E-state index contributed by atoms with van der Waals surface area (Å²) < 4.78 is 0. The number of hydrazine groups is 1. The molecule has 0 radical (unpaired) electrons. The second kappa shape index (κ2) is 13.5. The van der Waals surface area contributed by atoms with Crippen molar-refractivity contribution in [3.05, 3.63) is 12.2 Å². The van der Waals surface area contributed by atoms with Crippen LogP contribution in [0.25, 0.3) is 0 Å². The van der Waals surface area contributed by atoms with Gasteiger partial charge in [0.2, 0.25) is 17.7 Å². The molecular formula is C19H33N7O5. The summed E-state index contributed by atoms with van der Waals surface area (Å²) in [6.07, 6.45) is 2.92. The van der Waals surface area contributed by atoms with Gasteiger partial charge >= 0.3 is 0 Å². The van der Waals surface area contributed by atoms with E-state index < -0.39 is 41.6 Å². The lowest BCUT2D eigenvalue weighted by molar-refractivity contribution is -0.137. The van der Waals surface area contributed by atoms with Crippen LogP contribution in [0, 0.1) is 5.92 Å². The van der Waals surface area contributed by atoms with Gasteiger partial charge in [-0.3, -0.25) is 40.1 Å².